The third-order valence-corrected chi connectivity index (χ3v) is 2.71. The molecule has 12 heavy (non-hydrogen) atoms. The van der Waals surface area contributed by atoms with Gasteiger partial charge < -0.3 is 4.74 Å². The predicted molar refractivity (Wildman–Crippen MR) is 47.6 cm³/mol. The van der Waals surface area contributed by atoms with Crippen molar-refractivity contribution in [2.24, 2.45) is 17.3 Å². The van der Waals surface area contributed by atoms with E-state index in [1.807, 2.05) is 13.0 Å². The zero-order valence-corrected chi connectivity index (χ0v) is 7.96. The molecule has 0 saturated heterocycles. The minimum absolute atomic E-state index is 0.0370. The van der Waals surface area contributed by atoms with E-state index in [-0.39, 0.29) is 17.3 Å². The molecule has 0 heterocycles. The second-order valence-corrected chi connectivity index (χ2v) is 3.81. The number of allylic oxidation sites excluding steroid dienone is 1. The molecule has 0 amide bonds. The Kier molecular flexibility index (Phi) is 2.27. The lowest BCUT2D eigenvalue weighted by atomic mass is 10.1. The fourth-order valence-corrected chi connectivity index (χ4v) is 1.80. The van der Waals surface area contributed by atoms with Crippen LogP contribution in [0.25, 0.3) is 0 Å². The van der Waals surface area contributed by atoms with Crippen LogP contribution in [-0.4, -0.2) is 12.6 Å². The van der Waals surface area contributed by atoms with Gasteiger partial charge >= 0.3 is 5.97 Å². The highest BCUT2D eigenvalue weighted by molar-refractivity contribution is 5.78. The van der Waals surface area contributed by atoms with Crippen molar-refractivity contribution in [3.05, 3.63) is 12.7 Å². The van der Waals surface area contributed by atoms with E-state index in [9.17, 15) is 4.79 Å². The molecule has 2 nitrogen and oxygen atoms in total. The molecule has 0 radical (unpaired) electrons. The monoisotopic (exact) mass is 168 g/mol. The molecule has 0 bridgehead atoms. The molecule has 0 spiro atoms. The van der Waals surface area contributed by atoms with Crippen LogP contribution in [0.3, 0.4) is 0 Å². The lowest BCUT2D eigenvalue weighted by Crippen LogP contribution is -2.10. The summed E-state index contributed by atoms with van der Waals surface area (Å²) in [5.74, 6) is 0.263. The molecule has 0 aromatic carbocycles. The van der Waals surface area contributed by atoms with E-state index in [0.717, 1.165) is 0 Å². The fraction of sp³-hybridized carbons (Fsp3) is 0.700. The Morgan fingerprint density at radius 2 is 2.25 bits per heavy atom. The Morgan fingerprint density at radius 3 is 2.58 bits per heavy atom. The summed E-state index contributed by atoms with van der Waals surface area (Å²) in [7, 11) is 0. The molecule has 2 atom stereocenters. The topological polar surface area (TPSA) is 26.3 Å². The van der Waals surface area contributed by atoms with Gasteiger partial charge in [0.2, 0.25) is 0 Å². The van der Waals surface area contributed by atoms with E-state index in [4.69, 9.17) is 4.74 Å². The van der Waals surface area contributed by atoms with Crippen LogP contribution in [0.4, 0.5) is 0 Å². The van der Waals surface area contributed by atoms with E-state index < -0.39 is 0 Å². The number of carbonyl (C=O) groups is 1. The summed E-state index contributed by atoms with van der Waals surface area (Å²) < 4.78 is 4.95. The number of esters is 1. The molecule has 0 aromatic rings. The molecule has 0 unspecified atom stereocenters. The van der Waals surface area contributed by atoms with Crippen molar-refractivity contribution in [1.29, 1.82) is 0 Å². The van der Waals surface area contributed by atoms with Gasteiger partial charge in [-0.3, -0.25) is 4.79 Å². The Bertz CT molecular complexity index is 206. The van der Waals surface area contributed by atoms with Crippen molar-refractivity contribution in [2.75, 3.05) is 6.61 Å². The second kappa shape index (κ2) is 2.92. The molecule has 0 aliphatic heterocycles. The van der Waals surface area contributed by atoms with Gasteiger partial charge in [0.05, 0.1) is 12.5 Å². The summed E-state index contributed by atoms with van der Waals surface area (Å²) in [4.78, 5) is 11.3. The summed E-state index contributed by atoms with van der Waals surface area (Å²) in [5.41, 5.74) is 0.0635. The summed E-state index contributed by atoms with van der Waals surface area (Å²) in [6.07, 6.45) is 1.85. The summed E-state index contributed by atoms with van der Waals surface area (Å²) in [6.45, 7) is 10.1. The Balaban J connectivity index is 2.57. The second-order valence-electron chi connectivity index (χ2n) is 3.81. The van der Waals surface area contributed by atoms with Crippen molar-refractivity contribution in [3.63, 3.8) is 0 Å². The quantitative estimate of drug-likeness (QED) is 0.476. The molecule has 0 N–H and O–H groups in total. The minimum atomic E-state index is -0.0765. The van der Waals surface area contributed by atoms with Gasteiger partial charge in [0.1, 0.15) is 0 Å². The first kappa shape index (κ1) is 9.30. The summed E-state index contributed by atoms with van der Waals surface area (Å²) >= 11 is 0. The van der Waals surface area contributed by atoms with Crippen molar-refractivity contribution in [2.45, 2.75) is 20.8 Å². The molecular formula is C10H16O2. The molecular weight excluding hydrogens is 152 g/mol. The van der Waals surface area contributed by atoms with Crippen molar-refractivity contribution < 1.29 is 9.53 Å². The van der Waals surface area contributed by atoms with E-state index in [1.165, 1.54) is 0 Å². The molecule has 1 rings (SSSR count). The number of rotatable bonds is 3. The highest BCUT2D eigenvalue weighted by Gasteiger charge is 2.60. The van der Waals surface area contributed by atoms with Crippen molar-refractivity contribution in [3.8, 4) is 0 Å². The molecule has 68 valence electrons. The number of hydrogen-bond donors (Lipinski definition) is 0. The van der Waals surface area contributed by atoms with Gasteiger partial charge in [-0.2, -0.15) is 0 Å². The molecule has 1 fully saturated rings. The van der Waals surface area contributed by atoms with Crippen LogP contribution in [0.5, 0.6) is 0 Å². The first-order valence-electron chi connectivity index (χ1n) is 4.34. The first-order valence-corrected chi connectivity index (χ1v) is 4.34. The van der Waals surface area contributed by atoms with Gasteiger partial charge in [-0.15, -0.1) is 6.58 Å². The maximum atomic E-state index is 11.3. The lowest BCUT2D eigenvalue weighted by molar-refractivity contribution is -0.145. The van der Waals surface area contributed by atoms with Crippen LogP contribution in [0.1, 0.15) is 20.8 Å². The maximum Gasteiger partial charge on any atom is 0.310 e. The Hall–Kier alpha value is -0.790. The van der Waals surface area contributed by atoms with Crippen LogP contribution in [0.2, 0.25) is 0 Å². The summed E-state index contributed by atoms with van der Waals surface area (Å²) in [5, 5.41) is 0. The van der Waals surface area contributed by atoms with E-state index in [0.29, 0.717) is 12.5 Å². The zero-order valence-electron chi connectivity index (χ0n) is 7.96. The van der Waals surface area contributed by atoms with Gasteiger partial charge in [0, 0.05) is 0 Å². The Labute approximate surface area is 73.6 Å². The van der Waals surface area contributed by atoms with Crippen LogP contribution in [0.15, 0.2) is 12.7 Å². The molecule has 2 heteroatoms. The van der Waals surface area contributed by atoms with Gasteiger partial charge in [-0.1, -0.05) is 19.9 Å². The van der Waals surface area contributed by atoms with Gasteiger partial charge in [-0.25, -0.2) is 0 Å². The van der Waals surface area contributed by atoms with Gasteiger partial charge in [0.25, 0.3) is 0 Å². The average molecular weight is 168 g/mol. The molecule has 1 saturated carbocycles. The third-order valence-electron chi connectivity index (χ3n) is 2.71. The third kappa shape index (κ3) is 1.26. The molecule has 1 aliphatic rings. The minimum Gasteiger partial charge on any atom is -0.466 e. The van der Waals surface area contributed by atoms with Crippen molar-refractivity contribution >= 4 is 5.97 Å². The maximum absolute atomic E-state index is 11.3. The van der Waals surface area contributed by atoms with Crippen LogP contribution in [0, 0.1) is 17.3 Å². The SMILES string of the molecule is C=C[C@@H]1[C@@H](C(=O)OCC)C1(C)C. The largest absolute Gasteiger partial charge is 0.466 e. The average Bonchev–Trinajstić information content (AvgIpc) is 2.53. The standard InChI is InChI=1S/C10H16O2/c1-5-7-8(10(7,3)4)9(11)12-6-2/h5,7-8H,1,6H2,2-4H3/t7-,8+/m1/s1. The van der Waals surface area contributed by atoms with Gasteiger partial charge in [0.15, 0.2) is 0 Å². The molecule has 0 aromatic heterocycles. The number of hydrogen-bond acceptors (Lipinski definition) is 2. The Morgan fingerprint density at radius 1 is 1.67 bits per heavy atom. The number of ether oxygens (including phenoxy) is 1. The summed E-state index contributed by atoms with van der Waals surface area (Å²) in [6, 6.07) is 0. The van der Waals surface area contributed by atoms with E-state index in [2.05, 4.69) is 20.4 Å². The van der Waals surface area contributed by atoms with Gasteiger partial charge in [-0.05, 0) is 18.3 Å². The number of carbonyl (C=O) groups excluding carboxylic acids is 1. The molecule has 1 aliphatic carbocycles. The van der Waals surface area contributed by atoms with Crippen LogP contribution in [-0.2, 0) is 9.53 Å². The van der Waals surface area contributed by atoms with Crippen LogP contribution >= 0.6 is 0 Å². The highest BCUT2D eigenvalue weighted by Crippen LogP contribution is 2.59. The lowest BCUT2D eigenvalue weighted by Gasteiger charge is -2.01. The van der Waals surface area contributed by atoms with E-state index >= 15 is 0 Å². The normalized spacial score (nSPS) is 30.9. The van der Waals surface area contributed by atoms with E-state index in [1.54, 1.807) is 0 Å². The smallest absolute Gasteiger partial charge is 0.310 e. The predicted octanol–water partition coefficient (Wildman–Crippen LogP) is 2.01. The highest BCUT2D eigenvalue weighted by atomic mass is 16.5. The fourth-order valence-electron chi connectivity index (χ4n) is 1.80. The zero-order chi connectivity index (χ0) is 9.35. The first-order chi connectivity index (χ1) is 5.55. The van der Waals surface area contributed by atoms with Crippen molar-refractivity contribution in [1.82, 2.24) is 0 Å². The van der Waals surface area contributed by atoms with Crippen LogP contribution < -0.4 is 0 Å².